The molecule has 0 unspecified atom stereocenters. The van der Waals surface area contributed by atoms with Gasteiger partial charge in [-0.25, -0.2) is 0 Å². The Balaban J connectivity index is 0.00000200. The van der Waals surface area contributed by atoms with E-state index in [1.807, 2.05) is 37.4 Å². The second-order valence-electron chi connectivity index (χ2n) is 4.79. The van der Waals surface area contributed by atoms with Gasteiger partial charge in [-0.3, -0.25) is 4.99 Å². The number of nitrogens with one attached hydrogen (secondary N) is 2. The van der Waals surface area contributed by atoms with Gasteiger partial charge in [0.25, 0.3) is 0 Å². The molecule has 0 amide bonds. The van der Waals surface area contributed by atoms with Crippen LogP contribution in [0.5, 0.6) is 5.75 Å². The first-order valence-electron chi connectivity index (χ1n) is 7.03. The van der Waals surface area contributed by atoms with Crippen molar-refractivity contribution in [3.63, 3.8) is 0 Å². The van der Waals surface area contributed by atoms with E-state index in [-0.39, 0.29) is 24.0 Å². The van der Waals surface area contributed by atoms with Gasteiger partial charge in [-0.05, 0) is 25.0 Å². The highest BCUT2D eigenvalue weighted by atomic mass is 127. The number of rotatable bonds is 5. The fourth-order valence-corrected chi connectivity index (χ4v) is 2.31. The average Bonchev–Trinajstić information content (AvgIpc) is 2.96. The van der Waals surface area contributed by atoms with Gasteiger partial charge >= 0.3 is 0 Å². The minimum absolute atomic E-state index is 0. The zero-order valence-corrected chi connectivity index (χ0v) is 14.3. The molecule has 1 fully saturated rings. The Bertz CT molecular complexity index is 391. The number of hydrogen-bond acceptors (Lipinski definition) is 2. The van der Waals surface area contributed by atoms with E-state index in [1.54, 1.807) is 0 Å². The Morgan fingerprint density at radius 1 is 1.25 bits per heavy atom. The van der Waals surface area contributed by atoms with E-state index in [2.05, 4.69) is 15.6 Å². The van der Waals surface area contributed by atoms with Gasteiger partial charge in [0, 0.05) is 13.1 Å². The van der Waals surface area contributed by atoms with Crippen LogP contribution in [0, 0.1) is 0 Å². The Morgan fingerprint density at radius 2 is 1.95 bits per heavy atom. The monoisotopic (exact) mass is 389 g/mol. The SMILES string of the molecule is CN=C(NCCOc1ccccc1)NC1CCCC1.I. The maximum absolute atomic E-state index is 5.63. The second kappa shape index (κ2) is 9.85. The average molecular weight is 389 g/mol. The maximum Gasteiger partial charge on any atom is 0.191 e. The van der Waals surface area contributed by atoms with Crippen LogP contribution in [-0.2, 0) is 0 Å². The molecule has 0 spiro atoms. The van der Waals surface area contributed by atoms with Crippen LogP contribution in [0.25, 0.3) is 0 Å². The van der Waals surface area contributed by atoms with Gasteiger partial charge in [0.1, 0.15) is 12.4 Å². The molecule has 0 heterocycles. The number of hydrogen-bond donors (Lipinski definition) is 2. The molecular formula is C15H24IN3O. The maximum atomic E-state index is 5.63. The molecule has 0 saturated heterocycles. The lowest BCUT2D eigenvalue weighted by Gasteiger charge is -2.16. The van der Waals surface area contributed by atoms with Gasteiger partial charge in [-0.15, -0.1) is 24.0 Å². The summed E-state index contributed by atoms with van der Waals surface area (Å²) in [7, 11) is 1.81. The summed E-state index contributed by atoms with van der Waals surface area (Å²) in [5.74, 6) is 1.78. The van der Waals surface area contributed by atoms with Crippen molar-refractivity contribution in [1.29, 1.82) is 0 Å². The molecule has 1 saturated carbocycles. The van der Waals surface area contributed by atoms with E-state index < -0.39 is 0 Å². The molecule has 0 aliphatic heterocycles. The molecule has 20 heavy (non-hydrogen) atoms. The first-order chi connectivity index (χ1) is 9.38. The van der Waals surface area contributed by atoms with E-state index in [0.717, 1.165) is 18.3 Å². The summed E-state index contributed by atoms with van der Waals surface area (Å²) in [5, 5.41) is 6.73. The molecule has 1 aliphatic rings. The van der Waals surface area contributed by atoms with Crippen molar-refractivity contribution in [2.45, 2.75) is 31.7 Å². The molecule has 1 aromatic carbocycles. The quantitative estimate of drug-likeness (QED) is 0.352. The summed E-state index contributed by atoms with van der Waals surface area (Å²) in [6, 6.07) is 10.4. The molecule has 112 valence electrons. The Labute approximate surface area is 138 Å². The van der Waals surface area contributed by atoms with Gasteiger partial charge in [0.15, 0.2) is 5.96 Å². The van der Waals surface area contributed by atoms with Gasteiger partial charge in [-0.1, -0.05) is 31.0 Å². The highest BCUT2D eigenvalue weighted by Crippen LogP contribution is 2.17. The van der Waals surface area contributed by atoms with Crippen LogP contribution in [0.15, 0.2) is 35.3 Å². The summed E-state index contributed by atoms with van der Waals surface area (Å²) in [5.41, 5.74) is 0. The van der Waals surface area contributed by atoms with E-state index in [9.17, 15) is 0 Å². The van der Waals surface area contributed by atoms with Crippen LogP contribution < -0.4 is 15.4 Å². The normalized spacial score (nSPS) is 15.6. The van der Waals surface area contributed by atoms with Crippen molar-refractivity contribution in [3.05, 3.63) is 30.3 Å². The largest absolute Gasteiger partial charge is 0.492 e. The van der Waals surface area contributed by atoms with Crippen LogP contribution in [0.2, 0.25) is 0 Å². The van der Waals surface area contributed by atoms with E-state index in [0.29, 0.717) is 12.6 Å². The van der Waals surface area contributed by atoms with Crippen LogP contribution in [0.4, 0.5) is 0 Å². The van der Waals surface area contributed by atoms with Crippen molar-refractivity contribution in [1.82, 2.24) is 10.6 Å². The van der Waals surface area contributed by atoms with Crippen molar-refractivity contribution < 1.29 is 4.74 Å². The Hall–Kier alpha value is -0.980. The molecule has 1 aromatic rings. The number of halogens is 1. The Morgan fingerprint density at radius 3 is 2.60 bits per heavy atom. The smallest absolute Gasteiger partial charge is 0.191 e. The van der Waals surface area contributed by atoms with Crippen molar-refractivity contribution in [3.8, 4) is 5.75 Å². The van der Waals surface area contributed by atoms with Crippen molar-refractivity contribution in [2.75, 3.05) is 20.2 Å². The topological polar surface area (TPSA) is 45.7 Å². The molecule has 0 radical (unpaired) electrons. The third-order valence-corrected chi connectivity index (χ3v) is 3.33. The molecule has 0 aromatic heterocycles. The molecule has 5 heteroatoms. The number of para-hydroxylation sites is 1. The summed E-state index contributed by atoms with van der Waals surface area (Å²) < 4.78 is 5.63. The van der Waals surface area contributed by atoms with Gasteiger partial charge in [-0.2, -0.15) is 0 Å². The standard InChI is InChI=1S/C15H23N3O.HI/c1-16-15(18-13-7-5-6-8-13)17-11-12-19-14-9-3-2-4-10-14;/h2-4,9-10,13H,5-8,11-12H2,1H3,(H2,16,17,18);1H. The minimum atomic E-state index is 0. The zero-order chi connectivity index (χ0) is 13.3. The first kappa shape index (κ1) is 17.1. The molecule has 1 aliphatic carbocycles. The van der Waals surface area contributed by atoms with E-state index in [1.165, 1.54) is 25.7 Å². The minimum Gasteiger partial charge on any atom is -0.492 e. The molecule has 2 N–H and O–H groups in total. The highest BCUT2D eigenvalue weighted by Gasteiger charge is 2.15. The molecule has 2 rings (SSSR count). The number of ether oxygens (including phenoxy) is 1. The van der Waals surface area contributed by atoms with E-state index >= 15 is 0 Å². The first-order valence-corrected chi connectivity index (χ1v) is 7.03. The fraction of sp³-hybridized carbons (Fsp3) is 0.533. The van der Waals surface area contributed by atoms with Gasteiger partial charge in [0.2, 0.25) is 0 Å². The van der Waals surface area contributed by atoms with Gasteiger partial charge in [0.05, 0.1) is 6.54 Å². The predicted molar refractivity (Wildman–Crippen MR) is 94.1 cm³/mol. The highest BCUT2D eigenvalue weighted by molar-refractivity contribution is 14.0. The fourth-order valence-electron chi connectivity index (χ4n) is 2.31. The molecule has 4 nitrogen and oxygen atoms in total. The molecule has 0 atom stereocenters. The predicted octanol–water partition coefficient (Wildman–Crippen LogP) is 2.79. The second-order valence-corrected chi connectivity index (χ2v) is 4.79. The summed E-state index contributed by atoms with van der Waals surface area (Å²) in [6.45, 7) is 1.39. The third-order valence-electron chi connectivity index (χ3n) is 3.33. The molecular weight excluding hydrogens is 365 g/mol. The number of benzene rings is 1. The Kier molecular flexibility index (Phi) is 8.41. The molecule has 0 bridgehead atoms. The third kappa shape index (κ3) is 5.98. The van der Waals surface area contributed by atoms with Crippen LogP contribution in [0.3, 0.4) is 0 Å². The lowest BCUT2D eigenvalue weighted by atomic mass is 10.2. The van der Waals surface area contributed by atoms with Crippen molar-refractivity contribution in [2.24, 2.45) is 4.99 Å². The summed E-state index contributed by atoms with van der Waals surface area (Å²) in [6.07, 6.45) is 5.15. The number of nitrogens with zero attached hydrogens (tertiary/aromatic N) is 1. The lowest BCUT2D eigenvalue weighted by molar-refractivity contribution is 0.321. The van der Waals surface area contributed by atoms with Gasteiger partial charge < -0.3 is 15.4 Å². The zero-order valence-electron chi connectivity index (χ0n) is 12.0. The van der Waals surface area contributed by atoms with Crippen LogP contribution in [-0.4, -0.2) is 32.2 Å². The lowest BCUT2D eigenvalue weighted by Crippen LogP contribution is -2.43. The van der Waals surface area contributed by atoms with E-state index in [4.69, 9.17) is 4.74 Å². The number of aliphatic imine (C=N–C) groups is 1. The number of guanidine groups is 1. The summed E-state index contributed by atoms with van der Waals surface area (Å²) >= 11 is 0. The van der Waals surface area contributed by atoms with Crippen LogP contribution in [0.1, 0.15) is 25.7 Å². The summed E-state index contributed by atoms with van der Waals surface area (Å²) in [4.78, 5) is 4.23. The van der Waals surface area contributed by atoms with Crippen molar-refractivity contribution >= 4 is 29.9 Å². The van der Waals surface area contributed by atoms with Crippen LogP contribution >= 0.6 is 24.0 Å².